The van der Waals surface area contributed by atoms with E-state index in [1.165, 1.54) is 0 Å². The molecule has 0 heterocycles. The number of hydrogen-bond acceptors (Lipinski definition) is 4. The van der Waals surface area contributed by atoms with Gasteiger partial charge >= 0.3 is 0 Å². The van der Waals surface area contributed by atoms with Gasteiger partial charge in [0.25, 0.3) is 0 Å². The number of amides is 1. The molecule has 0 aromatic heterocycles. The summed E-state index contributed by atoms with van der Waals surface area (Å²) in [6, 6.07) is 7.41. The average Bonchev–Trinajstić information content (AvgIpc) is 2.63. The molecule has 0 radical (unpaired) electrons. The molecular weight excluding hydrogens is 471 g/mol. The first-order valence-electron chi connectivity index (χ1n) is 9.69. The van der Waals surface area contributed by atoms with E-state index in [9.17, 15) is 9.90 Å². The fourth-order valence-electron chi connectivity index (χ4n) is 2.34. The summed E-state index contributed by atoms with van der Waals surface area (Å²) in [5.74, 6) is 1.32. The lowest BCUT2D eigenvalue weighted by atomic mass is 10.1. The molecule has 0 bridgehead atoms. The van der Waals surface area contributed by atoms with E-state index in [1.807, 2.05) is 52.0 Å². The van der Waals surface area contributed by atoms with Crippen molar-refractivity contribution < 1.29 is 14.6 Å². The molecular formula is C20H35IN4O3. The third-order valence-electron chi connectivity index (χ3n) is 3.60. The van der Waals surface area contributed by atoms with Crippen molar-refractivity contribution in [3.63, 3.8) is 0 Å². The van der Waals surface area contributed by atoms with Crippen molar-refractivity contribution in [2.45, 2.75) is 52.7 Å². The Morgan fingerprint density at radius 2 is 1.93 bits per heavy atom. The van der Waals surface area contributed by atoms with Crippen LogP contribution in [0.1, 0.15) is 52.2 Å². The summed E-state index contributed by atoms with van der Waals surface area (Å²) < 4.78 is 5.66. The Morgan fingerprint density at radius 1 is 1.18 bits per heavy atom. The van der Waals surface area contributed by atoms with Gasteiger partial charge in [-0.2, -0.15) is 0 Å². The molecule has 1 aromatic carbocycles. The highest BCUT2D eigenvalue weighted by atomic mass is 127. The molecule has 1 amide bonds. The van der Waals surface area contributed by atoms with Crippen LogP contribution in [-0.2, 0) is 4.79 Å². The van der Waals surface area contributed by atoms with Crippen LogP contribution in [0.4, 0.5) is 0 Å². The summed E-state index contributed by atoms with van der Waals surface area (Å²) in [5.41, 5.74) is 0.756. The van der Waals surface area contributed by atoms with Gasteiger partial charge in [0.05, 0.1) is 18.8 Å². The molecule has 0 fully saturated rings. The van der Waals surface area contributed by atoms with Crippen molar-refractivity contribution >= 4 is 35.8 Å². The monoisotopic (exact) mass is 506 g/mol. The Kier molecular flexibility index (Phi) is 14.5. The minimum Gasteiger partial charge on any atom is -0.491 e. The van der Waals surface area contributed by atoms with Crippen LogP contribution in [0.25, 0.3) is 0 Å². The molecule has 1 unspecified atom stereocenters. The van der Waals surface area contributed by atoms with Crippen LogP contribution >= 0.6 is 24.0 Å². The number of nitrogens with zero attached hydrogens (tertiary/aromatic N) is 1. The van der Waals surface area contributed by atoms with Gasteiger partial charge in [-0.3, -0.25) is 9.79 Å². The molecule has 0 aliphatic heterocycles. The van der Waals surface area contributed by atoms with Gasteiger partial charge in [-0.05, 0) is 44.9 Å². The minimum atomic E-state index is -0.732. The molecule has 0 aliphatic carbocycles. The number of halogens is 1. The number of hydrogen-bond donors (Lipinski definition) is 4. The zero-order valence-corrected chi connectivity index (χ0v) is 19.7. The van der Waals surface area contributed by atoms with Gasteiger partial charge in [0.1, 0.15) is 5.75 Å². The largest absolute Gasteiger partial charge is 0.491 e. The number of rotatable bonds is 11. The van der Waals surface area contributed by atoms with Gasteiger partial charge < -0.3 is 25.8 Å². The van der Waals surface area contributed by atoms with E-state index in [0.717, 1.165) is 17.7 Å². The zero-order valence-electron chi connectivity index (χ0n) is 17.3. The van der Waals surface area contributed by atoms with Crippen LogP contribution in [0.15, 0.2) is 29.3 Å². The summed E-state index contributed by atoms with van der Waals surface area (Å²) >= 11 is 0. The van der Waals surface area contributed by atoms with Gasteiger partial charge in [-0.25, -0.2) is 0 Å². The fourth-order valence-corrected chi connectivity index (χ4v) is 2.34. The Balaban J connectivity index is 0.00000729. The second-order valence-corrected chi connectivity index (χ2v) is 6.50. The third kappa shape index (κ3) is 11.3. The van der Waals surface area contributed by atoms with Crippen LogP contribution in [0.3, 0.4) is 0 Å². The van der Waals surface area contributed by atoms with Crippen LogP contribution in [0.5, 0.6) is 5.75 Å². The van der Waals surface area contributed by atoms with Gasteiger partial charge in [0, 0.05) is 26.1 Å². The number of aliphatic imine (C=N–C) groups is 1. The second-order valence-electron chi connectivity index (χ2n) is 6.50. The highest BCUT2D eigenvalue weighted by molar-refractivity contribution is 14.0. The van der Waals surface area contributed by atoms with Crippen LogP contribution in [-0.4, -0.2) is 49.3 Å². The molecule has 8 heteroatoms. The maximum atomic E-state index is 11.6. The molecule has 0 saturated carbocycles. The van der Waals surface area contributed by atoms with Crippen molar-refractivity contribution in [1.29, 1.82) is 0 Å². The highest BCUT2D eigenvalue weighted by Gasteiger charge is 2.10. The lowest BCUT2D eigenvalue weighted by Crippen LogP contribution is -2.39. The molecule has 4 N–H and O–H groups in total. The highest BCUT2D eigenvalue weighted by Crippen LogP contribution is 2.20. The van der Waals surface area contributed by atoms with E-state index in [4.69, 9.17) is 4.74 Å². The summed E-state index contributed by atoms with van der Waals surface area (Å²) in [7, 11) is 0. The maximum absolute atomic E-state index is 11.6. The van der Waals surface area contributed by atoms with Crippen LogP contribution in [0, 0.1) is 0 Å². The molecule has 7 nitrogen and oxygen atoms in total. The zero-order chi connectivity index (χ0) is 20.1. The first-order chi connectivity index (χ1) is 13.0. The van der Waals surface area contributed by atoms with Gasteiger partial charge in [-0.1, -0.05) is 19.1 Å². The normalized spacial score (nSPS) is 12.1. The van der Waals surface area contributed by atoms with Gasteiger partial charge in [-0.15, -0.1) is 24.0 Å². The van der Waals surface area contributed by atoms with Gasteiger partial charge in [0.2, 0.25) is 5.91 Å². The van der Waals surface area contributed by atoms with Crippen molar-refractivity contribution in [3.05, 3.63) is 29.8 Å². The standard InChI is InChI=1S/C20H34N4O3.HI/c1-5-11-22-19(26)10-12-23-20(21-6-2)24-14-18(25)16-8-7-9-17(13-16)27-15(3)4;/h7-9,13,15,18,25H,5-6,10-12,14H2,1-4H3,(H,22,26)(H2,21,23,24);1H. The Bertz CT molecular complexity index is 597. The summed E-state index contributed by atoms with van der Waals surface area (Å²) in [5, 5.41) is 19.5. The molecule has 160 valence electrons. The first kappa shape index (κ1) is 26.4. The maximum Gasteiger partial charge on any atom is 0.221 e. The van der Waals surface area contributed by atoms with Gasteiger partial charge in [0.15, 0.2) is 5.96 Å². The molecule has 1 atom stereocenters. The summed E-state index contributed by atoms with van der Waals surface area (Å²) in [6.07, 6.45) is 0.644. The summed E-state index contributed by atoms with van der Waals surface area (Å²) in [4.78, 5) is 16.0. The lowest BCUT2D eigenvalue weighted by Gasteiger charge is -2.15. The number of guanidine groups is 1. The van der Waals surface area contributed by atoms with Crippen molar-refractivity contribution in [2.75, 3.05) is 26.2 Å². The van der Waals surface area contributed by atoms with E-state index in [0.29, 0.717) is 32.0 Å². The number of nitrogens with one attached hydrogen (secondary N) is 3. The number of benzene rings is 1. The van der Waals surface area contributed by atoms with E-state index in [2.05, 4.69) is 20.9 Å². The smallest absolute Gasteiger partial charge is 0.221 e. The molecule has 1 aromatic rings. The van der Waals surface area contributed by atoms with Crippen LogP contribution in [0.2, 0.25) is 0 Å². The molecule has 0 saturated heterocycles. The predicted octanol–water partition coefficient (Wildman–Crippen LogP) is 2.60. The number of carbonyl (C=O) groups excluding carboxylic acids is 1. The average molecular weight is 506 g/mol. The number of aliphatic hydroxyl groups excluding tert-OH is 1. The summed E-state index contributed by atoms with van der Waals surface area (Å²) in [6.45, 7) is 9.99. The van der Waals surface area contributed by atoms with Crippen molar-refractivity contribution in [2.24, 2.45) is 4.99 Å². The van der Waals surface area contributed by atoms with Crippen molar-refractivity contribution in [1.82, 2.24) is 16.0 Å². The number of ether oxygens (including phenoxy) is 1. The first-order valence-corrected chi connectivity index (χ1v) is 9.69. The Morgan fingerprint density at radius 3 is 2.57 bits per heavy atom. The quantitative estimate of drug-likeness (QED) is 0.210. The number of carbonyl (C=O) groups is 1. The minimum absolute atomic E-state index is 0. The predicted molar refractivity (Wildman–Crippen MR) is 124 cm³/mol. The number of aliphatic hydroxyl groups is 1. The molecule has 1 rings (SSSR count). The second kappa shape index (κ2) is 15.4. The molecule has 28 heavy (non-hydrogen) atoms. The lowest BCUT2D eigenvalue weighted by molar-refractivity contribution is -0.120. The topological polar surface area (TPSA) is 95.0 Å². The van der Waals surface area contributed by atoms with Crippen LogP contribution < -0.4 is 20.7 Å². The SMILES string of the molecule is CCCNC(=O)CCNC(=NCC(O)c1cccc(OC(C)C)c1)NCC.I. The fraction of sp³-hybridized carbons (Fsp3) is 0.600. The van der Waals surface area contributed by atoms with E-state index >= 15 is 0 Å². The molecule has 0 aliphatic rings. The van der Waals surface area contributed by atoms with Crippen molar-refractivity contribution in [3.8, 4) is 5.75 Å². The Labute approximate surface area is 185 Å². The van der Waals surface area contributed by atoms with E-state index in [1.54, 1.807) is 0 Å². The van der Waals surface area contributed by atoms with E-state index in [-0.39, 0.29) is 42.5 Å². The third-order valence-corrected chi connectivity index (χ3v) is 3.60. The molecule has 0 spiro atoms. The van der Waals surface area contributed by atoms with E-state index < -0.39 is 6.10 Å². The Hall–Kier alpha value is -1.55.